The minimum absolute atomic E-state index is 0.0506. The van der Waals surface area contributed by atoms with E-state index in [2.05, 4.69) is 12.1 Å². The molecule has 0 saturated heterocycles. The third-order valence-electron chi connectivity index (χ3n) is 7.65. The number of carbonyl (C=O) groups excluding carboxylic acids is 1. The molecule has 1 aliphatic carbocycles. The van der Waals surface area contributed by atoms with Crippen LogP contribution in [0.15, 0.2) is 66.7 Å². The van der Waals surface area contributed by atoms with Gasteiger partial charge >= 0.3 is 0 Å². The lowest BCUT2D eigenvalue weighted by Gasteiger charge is -2.38. The van der Waals surface area contributed by atoms with E-state index in [0.717, 1.165) is 58.2 Å². The van der Waals surface area contributed by atoms with Crippen LogP contribution in [0.1, 0.15) is 53.4 Å². The van der Waals surface area contributed by atoms with Crippen LogP contribution < -0.4 is 4.74 Å². The highest BCUT2D eigenvalue weighted by Crippen LogP contribution is 2.38. The number of thiophene rings is 1. The summed E-state index contributed by atoms with van der Waals surface area (Å²) < 4.78 is 8.79. The summed E-state index contributed by atoms with van der Waals surface area (Å²) in [5.41, 5.74) is 3.55. The Morgan fingerprint density at radius 1 is 1.02 bits per heavy atom. The van der Waals surface area contributed by atoms with Crippen molar-refractivity contribution in [2.45, 2.75) is 51.2 Å². The van der Waals surface area contributed by atoms with E-state index < -0.39 is 0 Å². The maximum absolute atomic E-state index is 14.3. The molecule has 3 aromatic carbocycles. The molecule has 1 amide bonds. The molecule has 0 aliphatic heterocycles. The fraction of sp³-hybridized carbons (Fsp3) is 0.312. The number of ether oxygens (including phenoxy) is 1. The van der Waals surface area contributed by atoms with Gasteiger partial charge in [0.25, 0.3) is 5.91 Å². The molecule has 0 radical (unpaired) electrons. The first kappa shape index (κ1) is 28.4. The monoisotopic (exact) mass is 591 g/mol. The molecule has 8 heteroatoms. The van der Waals surface area contributed by atoms with Crippen molar-refractivity contribution in [2.75, 3.05) is 13.7 Å². The van der Waals surface area contributed by atoms with E-state index in [1.54, 1.807) is 4.42 Å². The molecular formula is C32H31Cl2N3O2S. The van der Waals surface area contributed by atoms with Crippen LogP contribution in [0.25, 0.3) is 21.2 Å². The summed E-state index contributed by atoms with van der Waals surface area (Å²) in [7, 11) is 1.90. The second-order valence-corrected chi connectivity index (χ2v) is 12.1. The molecule has 5 nitrogen and oxygen atoms in total. The summed E-state index contributed by atoms with van der Waals surface area (Å²) in [4.78, 5) is 16.9. The van der Waals surface area contributed by atoms with E-state index in [9.17, 15) is 10.1 Å². The standard InChI is InChI=1S/C32H31Cl2N3O2S/c1-3-39-28-17-12-23(22-10-8-21(19-35)9-11-22)18-24(28)20-37(26-15-13-25(14-16-26)36(2)34)32(38)31-30(33)27-6-4-5-7-29(27)40-31/h4-12,17-18,25-26H,3,13-16,20H2,1-2H3. The Hall–Kier alpha value is -3.08. The second-order valence-electron chi connectivity index (χ2n) is 10.1. The van der Waals surface area contributed by atoms with E-state index in [1.165, 1.54) is 11.3 Å². The maximum Gasteiger partial charge on any atom is 0.266 e. The molecule has 0 unspecified atom stereocenters. The predicted molar refractivity (Wildman–Crippen MR) is 164 cm³/mol. The Labute approximate surface area is 249 Å². The summed E-state index contributed by atoms with van der Waals surface area (Å²) in [5, 5.41) is 10.6. The lowest BCUT2D eigenvalue weighted by atomic mass is 9.89. The molecule has 1 saturated carbocycles. The SMILES string of the molecule is CCOc1ccc(-c2ccc(C#N)cc2)cc1CN(C(=O)c1sc2ccccc2c1Cl)C1CCC(N(C)Cl)CC1. The fourth-order valence-electron chi connectivity index (χ4n) is 5.47. The van der Waals surface area contributed by atoms with Gasteiger partial charge in [-0.2, -0.15) is 5.26 Å². The first-order valence-corrected chi connectivity index (χ1v) is 15.1. The summed E-state index contributed by atoms with van der Waals surface area (Å²) in [6.45, 7) is 2.88. The predicted octanol–water partition coefficient (Wildman–Crippen LogP) is 8.53. The van der Waals surface area contributed by atoms with E-state index in [0.29, 0.717) is 34.7 Å². The van der Waals surface area contributed by atoms with Gasteiger partial charge in [0.15, 0.2) is 0 Å². The van der Waals surface area contributed by atoms with Gasteiger partial charge in [-0.1, -0.05) is 48.0 Å². The normalized spacial score (nSPS) is 17.1. The highest BCUT2D eigenvalue weighted by molar-refractivity contribution is 7.21. The molecule has 0 atom stereocenters. The summed E-state index contributed by atoms with van der Waals surface area (Å²) in [6, 6.07) is 24.0. The van der Waals surface area contributed by atoms with Gasteiger partial charge in [0.2, 0.25) is 0 Å². The van der Waals surface area contributed by atoms with E-state index in [-0.39, 0.29) is 11.9 Å². The lowest BCUT2D eigenvalue weighted by Crippen LogP contribution is -2.44. The Morgan fingerprint density at radius 2 is 1.70 bits per heavy atom. The van der Waals surface area contributed by atoms with E-state index >= 15 is 0 Å². The molecule has 1 aromatic heterocycles. The zero-order chi connectivity index (χ0) is 28.2. The van der Waals surface area contributed by atoms with Crippen LogP contribution in [0.3, 0.4) is 0 Å². The number of halogens is 2. The first-order valence-electron chi connectivity index (χ1n) is 13.5. The Kier molecular flexibility index (Phi) is 8.97. The van der Waals surface area contributed by atoms with Crippen LogP contribution in [-0.4, -0.2) is 41.0 Å². The van der Waals surface area contributed by atoms with E-state index in [4.69, 9.17) is 28.1 Å². The topological polar surface area (TPSA) is 56.6 Å². The Balaban J connectivity index is 1.53. The van der Waals surface area contributed by atoms with Gasteiger partial charge in [-0.05, 0) is 85.8 Å². The first-order chi connectivity index (χ1) is 19.4. The van der Waals surface area contributed by atoms with Gasteiger partial charge in [-0.25, -0.2) is 4.42 Å². The molecule has 4 aromatic rings. The molecule has 0 N–H and O–H groups in total. The zero-order valence-corrected chi connectivity index (χ0v) is 24.9. The van der Waals surface area contributed by atoms with Crippen molar-refractivity contribution in [3.63, 3.8) is 0 Å². The third-order valence-corrected chi connectivity index (χ3v) is 9.59. The van der Waals surface area contributed by atoms with Crippen molar-refractivity contribution in [3.8, 4) is 22.9 Å². The quantitative estimate of drug-likeness (QED) is 0.193. The molecule has 1 fully saturated rings. The largest absolute Gasteiger partial charge is 0.494 e. The van der Waals surface area contributed by atoms with Gasteiger partial charge < -0.3 is 9.64 Å². The van der Waals surface area contributed by atoms with Gasteiger partial charge in [0, 0.05) is 41.3 Å². The number of benzene rings is 3. The van der Waals surface area contributed by atoms with Crippen LogP contribution in [-0.2, 0) is 6.54 Å². The molecule has 5 rings (SSSR count). The summed E-state index contributed by atoms with van der Waals surface area (Å²) in [6.07, 6.45) is 3.54. The fourth-order valence-corrected chi connectivity index (χ4v) is 7.14. The molecule has 1 aliphatic rings. The van der Waals surface area contributed by atoms with Crippen molar-refractivity contribution in [2.24, 2.45) is 0 Å². The highest BCUT2D eigenvalue weighted by atomic mass is 35.5. The van der Waals surface area contributed by atoms with Gasteiger partial charge in [-0.3, -0.25) is 4.79 Å². The van der Waals surface area contributed by atoms with Crippen LogP contribution in [0.4, 0.5) is 0 Å². The van der Waals surface area contributed by atoms with Gasteiger partial charge in [0.1, 0.15) is 10.6 Å². The average Bonchev–Trinajstić information content (AvgIpc) is 3.32. The number of hydrogen-bond donors (Lipinski definition) is 0. The number of nitriles is 1. The van der Waals surface area contributed by atoms with Crippen LogP contribution in [0.5, 0.6) is 5.75 Å². The van der Waals surface area contributed by atoms with Crippen molar-refractivity contribution in [1.82, 2.24) is 9.32 Å². The molecular weight excluding hydrogens is 561 g/mol. The highest BCUT2D eigenvalue weighted by Gasteiger charge is 2.33. The average molecular weight is 593 g/mol. The van der Waals surface area contributed by atoms with Gasteiger partial charge in [0.05, 0.1) is 23.3 Å². The number of rotatable bonds is 8. The van der Waals surface area contributed by atoms with Crippen LogP contribution in [0, 0.1) is 11.3 Å². The Morgan fingerprint density at radius 3 is 2.35 bits per heavy atom. The van der Waals surface area contributed by atoms with Gasteiger partial charge in [-0.15, -0.1) is 11.3 Å². The number of amides is 1. The van der Waals surface area contributed by atoms with Crippen LogP contribution in [0.2, 0.25) is 5.02 Å². The number of carbonyl (C=O) groups is 1. The van der Waals surface area contributed by atoms with Crippen molar-refractivity contribution < 1.29 is 9.53 Å². The third kappa shape index (κ3) is 5.99. The van der Waals surface area contributed by atoms with Crippen molar-refractivity contribution in [1.29, 1.82) is 5.26 Å². The smallest absolute Gasteiger partial charge is 0.266 e. The van der Waals surface area contributed by atoms with Crippen LogP contribution >= 0.6 is 34.7 Å². The van der Waals surface area contributed by atoms with Crippen molar-refractivity contribution >= 4 is 50.7 Å². The molecule has 0 bridgehead atoms. The molecule has 206 valence electrons. The molecule has 0 spiro atoms. The van der Waals surface area contributed by atoms with E-state index in [1.807, 2.05) is 79.5 Å². The summed E-state index contributed by atoms with van der Waals surface area (Å²) in [5.74, 6) is 0.703. The zero-order valence-electron chi connectivity index (χ0n) is 22.6. The number of nitrogens with zero attached hydrogens (tertiary/aromatic N) is 3. The summed E-state index contributed by atoms with van der Waals surface area (Å²) >= 11 is 14.5. The number of hydrogen-bond acceptors (Lipinski definition) is 5. The lowest BCUT2D eigenvalue weighted by molar-refractivity contribution is 0.0589. The minimum atomic E-state index is -0.0555. The number of fused-ring (bicyclic) bond motifs is 1. The second kappa shape index (κ2) is 12.6. The minimum Gasteiger partial charge on any atom is -0.494 e. The van der Waals surface area contributed by atoms with Crippen molar-refractivity contribution in [3.05, 3.63) is 87.8 Å². The maximum atomic E-state index is 14.3. The molecule has 40 heavy (non-hydrogen) atoms. The molecule has 1 heterocycles. The Bertz CT molecular complexity index is 1540.